The Bertz CT molecular complexity index is 643. The summed E-state index contributed by atoms with van der Waals surface area (Å²) in [5.41, 5.74) is 1.10. The number of halogens is 1. The molecule has 0 spiro atoms. The monoisotopic (exact) mass is 395 g/mol. The van der Waals surface area contributed by atoms with Gasteiger partial charge in [0.15, 0.2) is 6.10 Å². The van der Waals surface area contributed by atoms with Crippen LogP contribution in [-0.4, -0.2) is 18.0 Å². The first-order valence-electron chi connectivity index (χ1n) is 6.39. The largest absolute Gasteiger partial charge is 0.449 e. The Hall–Kier alpha value is -1.89. The van der Waals surface area contributed by atoms with Crippen LogP contribution in [0.2, 0.25) is 0 Å². The molecule has 21 heavy (non-hydrogen) atoms. The number of ether oxygens (including phenoxy) is 1. The lowest BCUT2D eigenvalue weighted by Gasteiger charge is -2.13. The van der Waals surface area contributed by atoms with Crippen LogP contribution < -0.4 is 5.32 Å². The van der Waals surface area contributed by atoms with Crippen molar-refractivity contribution in [2.75, 3.05) is 5.32 Å². The molecule has 5 heteroatoms. The molecule has 0 fully saturated rings. The van der Waals surface area contributed by atoms with Gasteiger partial charge in [0, 0.05) is 9.26 Å². The molecule has 0 aromatic heterocycles. The third kappa shape index (κ3) is 4.56. The maximum atomic E-state index is 12.0. The Balaban J connectivity index is 1.96. The Kier molecular flexibility index (Phi) is 5.32. The number of nitrogens with one attached hydrogen (secondary N) is 1. The number of amides is 1. The number of benzene rings is 2. The number of para-hydroxylation sites is 1. The van der Waals surface area contributed by atoms with Crippen molar-refractivity contribution in [1.82, 2.24) is 0 Å². The summed E-state index contributed by atoms with van der Waals surface area (Å²) < 4.78 is 6.10. The lowest BCUT2D eigenvalue weighted by molar-refractivity contribution is -0.123. The van der Waals surface area contributed by atoms with Crippen LogP contribution in [0, 0.1) is 3.57 Å². The fraction of sp³-hybridized carbons (Fsp3) is 0.125. The number of hydrogen-bond donors (Lipinski definition) is 1. The van der Waals surface area contributed by atoms with Crippen molar-refractivity contribution >= 4 is 40.2 Å². The SMILES string of the molecule is CC(OC(=O)c1cccc(I)c1)C(=O)Nc1ccccc1. The number of esters is 1. The van der Waals surface area contributed by atoms with Crippen molar-refractivity contribution in [3.63, 3.8) is 0 Å². The summed E-state index contributed by atoms with van der Waals surface area (Å²) in [5.74, 6) is -0.871. The number of carbonyl (C=O) groups is 2. The Morgan fingerprint density at radius 3 is 2.48 bits per heavy atom. The third-order valence-electron chi connectivity index (χ3n) is 2.75. The fourth-order valence-electron chi connectivity index (χ4n) is 1.66. The van der Waals surface area contributed by atoms with Gasteiger partial charge in [-0.1, -0.05) is 24.3 Å². The zero-order chi connectivity index (χ0) is 15.2. The van der Waals surface area contributed by atoms with E-state index in [0.29, 0.717) is 11.3 Å². The van der Waals surface area contributed by atoms with E-state index >= 15 is 0 Å². The van der Waals surface area contributed by atoms with Gasteiger partial charge >= 0.3 is 5.97 Å². The summed E-state index contributed by atoms with van der Waals surface area (Å²) in [6.45, 7) is 1.55. The first-order valence-corrected chi connectivity index (χ1v) is 7.46. The van der Waals surface area contributed by atoms with E-state index < -0.39 is 12.1 Å². The predicted molar refractivity (Wildman–Crippen MR) is 89.1 cm³/mol. The molecule has 1 atom stereocenters. The van der Waals surface area contributed by atoms with Gasteiger partial charge in [0.05, 0.1) is 5.56 Å². The minimum absolute atomic E-state index is 0.361. The van der Waals surface area contributed by atoms with E-state index in [1.165, 1.54) is 0 Å². The molecule has 0 saturated carbocycles. The molecule has 1 unspecified atom stereocenters. The van der Waals surface area contributed by atoms with E-state index in [9.17, 15) is 9.59 Å². The van der Waals surface area contributed by atoms with Crippen LogP contribution in [0.4, 0.5) is 5.69 Å². The molecule has 0 bridgehead atoms. The molecule has 108 valence electrons. The van der Waals surface area contributed by atoms with Gasteiger partial charge in [-0.3, -0.25) is 4.79 Å². The summed E-state index contributed by atoms with van der Waals surface area (Å²) in [7, 11) is 0. The Morgan fingerprint density at radius 2 is 1.81 bits per heavy atom. The molecule has 4 nitrogen and oxygen atoms in total. The number of rotatable bonds is 4. The maximum absolute atomic E-state index is 12.0. The van der Waals surface area contributed by atoms with E-state index in [1.807, 2.05) is 24.3 Å². The molecule has 2 aromatic carbocycles. The standard InChI is InChI=1S/C16H14INO3/c1-11(15(19)18-14-8-3-2-4-9-14)21-16(20)12-6-5-7-13(17)10-12/h2-11H,1H3,(H,18,19). The van der Waals surface area contributed by atoms with Crippen LogP contribution in [-0.2, 0) is 9.53 Å². The van der Waals surface area contributed by atoms with Crippen molar-refractivity contribution in [3.05, 3.63) is 63.7 Å². The summed E-state index contributed by atoms with van der Waals surface area (Å²) in [6, 6.07) is 16.1. The molecule has 0 heterocycles. The van der Waals surface area contributed by atoms with Gasteiger partial charge in [0.2, 0.25) is 0 Å². The highest BCUT2D eigenvalue weighted by molar-refractivity contribution is 14.1. The molecule has 2 rings (SSSR count). The van der Waals surface area contributed by atoms with Crippen molar-refractivity contribution in [2.24, 2.45) is 0 Å². The second-order valence-electron chi connectivity index (χ2n) is 4.41. The molecular weight excluding hydrogens is 381 g/mol. The molecule has 0 aliphatic heterocycles. The van der Waals surface area contributed by atoms with Crippen LogP contribution in [0.1, 0.15) is 17.3 Å². The number of carbonyl (C=O) groups excluding carboxylic acids is 2. The second-order valence-corrected chi connectivity index (χ2v) is 5.66. The van der Waals surface area contributed by atoms with Gasteiger partial charge < -0.3 is 10.1 Å². The van der Waals surface area contributed by atoms with Gasteiger partial charge in [-0.25, -0.2) is 4.79 Å². The van der Waals surface area contributed by atoms with Crippen LogP contribution in [0.5, 0.6) is 0 Å². The molecule has 0 saturated heterocycles. The van der Waals surface area contributed by atoms with E-state index in [-0.39, 0.29) is 5.91 Å². The summed E-state index contributed by atoms with van der Waals surface area (Å²) >= 11 is 2.11. The van der Waals surface area contributed by atoms with Crippen LogP contribution in [0.3, 0.4) is 0 Å². The summed E-state index contributed by atoms with van der Waals surface area (Å²) in [6.07, 6.45) is -0.865. The highest BCUT2D eigenvalue weighted by Gasteiger charge is 2.19. The minimum Gasteiger partial charge on any atom is -0.449 e. The molecule has 1 amide bonds. The van der Waals surface area contributed by atoms with Crippen molar-refractivity contribution in [1.29, 1.82) is 0 Å². The molecular formula is C16H14INO3. The molecule has 2 aromatic rings. The maximum Gasteiger partial charge on any atom is 0.338 e. The Morgan fingerprint density at radius 1 is 1.10 bits per heavy atom. The van der Waals surface area contributed by atoms with E-state index in [1.54, 1.807) is 37.3 Å². The highest BCUT2D eigenvalue weighted by Crippen LogP contribution is 2.11. The van der Waals surface area contributed by atoms with Crippen molar-refractivity contribution in [3.8, 4) is 0 Å². The minimum atomic E-state index is -0.865. The topological polar surface area (TPSA) is 55.4 Å². The normalized spacial score (nSPS) is 11.5. The van der Waals surface area contributed by atoms with Gasteiger partial charge in [0.1, 0.15) is 0 Å². The molecule has 1 N–H and O–H groups in total. The highest BCUT2D eigenvalue weighted by atomic mass is 127. The van der Waals surface area contributed by atoms with E-state index in [4.69, 9.17) is 4.74 Å². The average Bonchev–Trinajstić information content (AvgIpc) is 2.48. The number of hydrogen-bond acceptors (Lipinski definition) is 3. The summed E-state index contributed by atoms with van der Waals surface area (Å²) in [4.78, 5) is 23.9. The number of anilines is 1. The predicted octanol–water partition coefficient (Wildman–Crippen LogP) is 3.48. The Labute approximate surface area is 136 Å². The molecule has 0 radical (unpaired) electrons. The fourth-order valence-corrected chi connectivity index (χ4v) is 2.21. The van der Waals surface area contributed by atoms with Crippen LogP contribution in [0.15, 0.2) is 54.6 Å². The smallest absolute Gasteiger partial charge is 0.338 e. The lowest BCUT2D eigenvalue weighted by atomic mass is 10.2. The van der Waals surface area contributed by atoms with Gasteiger partial charge in [-0.05, 0) is 59.8 Å². The first-order chi connectivity index (χ1) is 10.1. The average molecular weight is 395 g/mol. The second kappa shape index (κ2) is 7.21. The van der Waals surface area contributed by atoms with Gasteiger partial charge in [-0.2, -0.15) is 0 Å². The van der Waals surface area contributed by atoms with Crippen molar-refractivity contribution in [2.45, 2.75) is 13.0 Å². The lowest BCUT2D eigenvalue weighted by Crippen LogP contribution is -2.30. The zero-order valence-corrected chi connectivity index (χ0v) is 13.5. The van der Waals surface area contributed by atoms with Crippen molar-refractivity contribution < 1.29 is 14.3 Å². The third-order valence-corrected chi connectivity index (χ3v) is 3.43. The molecule has 0 aliphatic rings. The van der Waals surface area contributed by atoms with Crippen LogP contribution >= 0.6 is 22.6 Å². The quantitative estimate of drug-likeness (QED) is 0.637. The van der Waals surface area contributed by atoms with Gasteiger partial charge in [-0.15, -0.1) is 0 Å². The molecule has 0 aliphatic carbocycles. The summed E-state index contributed by atoms with van der Waals surface area (Å²) in [5, 5.41) is 2.69. The first kappa shape index (κ1) is 15.5. The van der Waals surface area contributed by atoms with Crippen LogP contribution in [0.25, 0.3) is 0 Å². The zero-order valence-electron chi connectivity index (χ0n) is 11.4. The van der Waals surface area contributed by atoms with E-state index in [2.05, 4.69) is 27.9 Å². The van der Waals surface area contributed by atoms with E-state index in [0.717, 1.165) is 3.57 Å². The van der Waals surface area contributed by atoms with Gasteiger partial charge in [0.25, 0.3) is 5.91 Å².